The Morgan fingerprint density at radius 3 is 2.47 bits per heavy atom. The maximum absolute atomic E-state index is 13.7. The fraction of sp³-hybridized carbons (Fsp3) is 0.400. The first-order chi connectivity index (χ1) is 17.3. The van der Waals surface area contributed by atoms with Gasteiger partial charge in [-0.2, -0.15) is 0 Å². The number of ether oxygens (including phenoxy) is 3. The molecule has 0 unspecified atom stereocenters. The molecule has 2 aromatic rings. The summed E-state index contributed by atoms with van der Waals surface area (Å²) in [5.41, 5.74) is 4.60. The Kier molecular flexibility index (Phi) is 7.82. The highest BCUT2D eigenvalue weighted by molar-refractivity contribution is 6.04. The Balaban J connectivity index is 1.81. The first-order valence-corrected chi connectivity index (χ1v) is 12.6. The Labute approximate surface area is 213 Å². The zero-order valence-corrected chi connectivity index (χ0v) is 21.7. The van der Waals surface area contributed by atoms with E-state index in [0.717, 1.165) is 23.2 Å². The summed E-state index contributed by atoms with van der Waals surface area (Å²) in [6, 6.07) is 15.8. The number of hydrogen-bond acceptors (Lipinski definition) is 6. The van der Waals surface area contributed by atoms with Crippen LogP contribution in [0.4, 0.5) is 0 Å². The summed E-state index contributed by atoms with van der Waals surface area (Å²) >= 11 is 0. The van der Waals surface area contributed by atoms with E-state index in [0.29, 0.717) is 47.8 Å². The molecular weight excluding hydrogens is 454 g/mol. The van der Waals surface area contributed by atoms with Crippen molar-refractivity contribution in [3.8, 4) is 11.5 Å². The lowest BCUT2D eigenvalue weighted by atomic mass is 9.71. The van der Waals surface area contributed by atoms with Gasteiger partial charge in [0, 0.05) is 29.3 Å². The molecule has 0 spiro atoms. The van der Waals surface area contributed by atoms with Crippen molar-refractivity contribution < 1.29 is 23.8 Å². The number of ketones is 1. The molecule has 4 rings (SSSR count). The number of carbonyl (C=O) groups excluding carboxylic acids is 2. The molecule has 0 saturated heterocycles. The molecule has 0 bridgehead atoms. The minimum atomic E-state index is -0.550. The van der Waals surface area contributed by atoms with Gasteiger partial charge in [-0.05, 0) is 62.8 Å². The van der Waals surface area contributed by atoms with Crippen molar-refractivity contribution in [2.75, 3.05) is 13.7 Å². The molecule has 1 aliphatic heterocycles. The summed E-state index contributed by atoms with van der Waals surface area (Å²) in [5, 5.41) is 3.40. The van der Waals surface area contributed by atoms with Crippen LogP contribution in [0.25, 0.3) is 0 Å². The van der Waals surface area contributed by atoms with E-state index >= 15 is 0 Å². The fourth-order valence-corrected chi connectivity index (χ4v) is 5.08. The molecule has 190 valence electrons. The average molecular weight is 490 g/mol. The van der Waals surface area contributed by atoms with Crippen molar-refractivity contribution in [2.45, 2.75) is 64.9 Å². The zero-order chi connectivity index (χ0) is 25.8. The van der Waals surface area contributed by atoms with Gasteiger partial charge >= 0.3 is 5.97 Å². The lowest BCUT2D eigenvalue weighted by molar-refractivity contribution is -0.143. The number of Topliss-reactive ketones (excluding diaryl/α,β-unsaturated/α-hetero) is 1. The largest absolute Gasteiger partial charge is 0.493 e. The summed E-state index contributed by atoms with van der Waals surface area (Å²) in [4.78, 5) is 27.0. The molecule has 1 heterocycles. The van der Waals surface area contributed by atoms with Crippen LogP contribution in [0, 0.1) is 0 Å². The van der Waals surface area contributed by atoms with Crippen LogP contribution >= 0.6 is 0 Å². The molecule has 2 aromatic carbocycles. The van der Waals surface area contributed by atoms with E-state index in [1.54, 1.807) is 7.11 Å². The van der Waals surface area contributed by atoms with E-state index in [9.17, 15) is 9.59 Å². The lowest BCUT2D eigenvalue weighted by Crippen LogP contribution is -2.36. The Morgan fingerprint density at radius 2 is 1.81 bits per heavy atom. The Hall–Kier alpha value is -3.54. The van der Waals surface area contributed by atoms with Gasteiger partial charge in [-0.3, -0.25) is 4.79 Å². The van der Waals surface area contributed by atoms with E-state index in [1.807, 2.05) is 64.1 Å². The van der Waals surface area contributed by atoms with Crippen molar-refractivity contribution in [1.29, 1.82) is 0 Å². The van der Waals surface area contributed by atoms with Crippen molar-refractivity contribution in [3.63, 3.8) is 0 Å². The quantitative estimate of drug-likeness (QED) is 0.473. The van der Waals surface area contributed by atoms with Crippen LogP contribution in [0.5, 0.6) is 11.5 Å². The highest BCUT2D eigenvalue weighted by Crippen LogP contribution is 2.47. The molecule has 0 radical (unpaired) electrons. The highest BCUT2D eigenvalue weighted by atomic mass is 16.5. The molecule has 0 aromatic heterocycles. The number of methoxy groups -OCH3 is 1. The van der Waals surface area contributed by atoms with Gasteiger partial charge in [-0.15, -0.1) is 0 Å². The molecule has 2 aliphatic rings. The minimum Gasteiger partial charge on any atom is -0.493 e. The van der Waals surface area contributed by atoms with Crippen LogP contribution in [0.2, 0.25) is 0 Å². The third-order valence-electron chi connectivity index (χ3n) is 6.64. The van der Waals surface area contributed by atoms with Gasteiger partial charge in [0.2, 0.25) is 0 Å². The van der Waals surface area contributed by atoms with Gasteiger partial charge in [0.15, 0.2) is 17.3 Å². The van der Waals surface area contributed by atoms with Gasteiger partial charge in [0.25, 0.3) is 0 Å². The van der Waals surface area contributed by atoms with Gasteiger partial charge in [-0.25, -0.2) is 4.79 Å². The second-order valence-electron chi connectivity index (χ2n) is 9.64. The van der Waals surface area contributed by atoms with E-state index in [4.69, 9.17) is 14.2 Å². The molecular formula is C30H35NO5. The number of nitrogens with one attached hydrogen (secondary N) is 1. The lowest BCUT2D eigenvalue weighted by Gasteiger charge is -2.37. The number of rotatable bonds is 8. The van der Waals surface area contributed by atoms with E-state index in [2.05, 4.69) is 17.4 Å². The van der Waals surface area contributed by atoms with Gasteiger partial charge in [0.05, 0.1) is 25.4 Å². The maximum Gasteiger partial charge on any atom is 0.337 e. The molecule has 0 amide bonds. The second kappa shape index (κ2) is 11.0. The minimum absolute atomic E-state index is 0.0372. The second-order valence-corrected chi connectivity index (χ2v) is 9.64. The van der Waals surface area contributed by atoms with Crippen LogP contribution in [0.3, 0.4) is 0 Å². The Morgan fingerprint density at radius 1 is 1.06 bits per heavy atom. The fourth-order valence-electron chi connectivity index (χ4n) is 5.08. The van der Waals surface area contributed by atoms with Crippen molar-refractivity contribution in [3.05, 3.63) is 82.2 Å². The third kappa shape index (κ3) is 5.18. The van der Waals surface area contributed by atoms with Crippen LogP contribution < -0.4 is 14.8 Å². The molecule has 2 atom stereocenters. The summed E-state index contributed by atoms with van der Waals surface area (Å²) < 4.78 is 17.1. The Bertz CT molecular complexity index is 1200. The van der Waals surface area contributed by atoms with Crippen LogP contribution in [-0.2, 0) is 14.3 Å². The summed E-state index contributed by atoms with van der Waals surface area (Å²) in [5.74, 6) is 0.358. The van der Waals surface area contributed by atoms with Crippen molar-refractivity contribution >= 4 is 11.8 Å². The molecule has 1 aliphatic carbocycles. The van der Waals surface area contributed by atoms with Gasteiger partial charge < -0.3 is 19.5 Å². The van der Waals surface area contributed by atoms with Crippen LogP contribution in [0.1, 0.15) is 69.9 Å². The first-order valence-electron chi connectivity index (χ1n) is 12.6. The molecule has 36 heavy (non-hydrogen) atoms. The smallest absolute Gasteiger partial charge is 0.337 e. The SMILES string of the molecule is CCCOc1ccc([C@H]2C(C(=O)OC(C)C)=C(C)NC3=C2C(=O)C[C@H](c2ccccc2)C3)cc1OC. The zero-order valence-electron chi connectivity index (χ0n) is 21.7. The number of dihydropyridines is 1. The number of allylic oxidation sites excluding steroid dienone is 3. The third-order valence-corrected chi connectivity index (χ3v) is 6.64. The van der Waals surface area contributed by atoms with Gasteiger partial charge in [0.1, 0.15) is 0 Å². The topological polar surface area (TPSA) is 73.9 Å². The summed E-state index contributed by atoms with van der Waals surface area (Å²) in [6.07, 6.45) is 1.68. The van der Waals surface area contributed by atoms with Crippen LogP contribution in [0.15, 0.2) is 71.1 Å². The summed E-state index contributed by atoms with van der Waals surface area (Å²) in [7, 11) is 1.59. The molecule has 1 N–H and O–H groups in total. The van der Waals surface area contributed by atoms with Crippen molar-refractivity contribution in [1.82, 2.24) is 5.32 Å². The number of benzene rings is 2. The van der Waals surface area contributed by atoms with E-state index in [-0.39, 0.29) is 17.8 Å². The molecule has 6 nitrogen and oxygen atoms in total. The molecule has 0 fully saturated rings. The highest BCUT2D eigenvalue weighted by Gasteiger charge is 2.41. The van der Waals surface area contributed by atoms with Crippen LogP contribution in [-0.4, -0.2) is 31.6 Å². The summed E-state index contributed by atoms with van der Waals surface area (Å²) in [6.45, 7) is 8.14. The van der Waals surface area contributed by atoms with Crippen molar-refractivity contribution in [2.24, 2.45) is 0 Å². The van der Waals surface area contributed by atoms with Gasteiger partial charge in [-0.1, -0.05) is 43.3 Å². The first kappa shape index (κ1) is 25.5. The number of hydrogen-bond donors (Lipinski definition) is 1. The number of carbonyl (C=O) groups is 2. The normalized spacial score (nSPS) is 19.7. The average Bonchev–Trinajstić information content (AvgIpc) is 2.86. The number of esters is 1. The maximum atomic E-state index is 13.7. The monoisotopic (exact) mass is 489 g/mol. The molecule has 6 heteroatoms. The van der Waals surface area contributed by atoms with E-state index in [1.165, 1.54) is 0 Å². The van der Waals surface area contributed by atoms with E-state index < -0.39 is 11.9 Å². The standard InChI is InChI=1S/C30H35NO5/c1-6-14-35-25-13-12-21(17-26(25)34-5)28-27(30(33)36-18(2)3)19(4)31-23-15-22(16-24(32)29(23)28)20-10-8-7-9-11-20/h7-13,17-18,22,28,31H,6,14-16H2,1-5H3/t22-,28+/m1/s1. The molecule has 0 saturated carbocycles. The predicted molar refractivity (Wildman–Crippen MR) is 139 cm³/mol. The predicted octanol–water partition coefficient (Wildman–Crippen LogP) is 5.80.